The van der Waals surface area contributed by atoms with E-state index in [0.29, 0.717) is 46.8 Å². The number of aromatic nitrogens is 4. The molecule has 181 valence electrons. The quantitative estimate of drug-likeness (QED) is 0.351. The smallest absolute Gasteiger partial charge is 0.255 e. The van der Waals surface area contributed by atoms with Crippen molar-refractivity contribution < 1.29 is 14.6 Å². The number of carbonyl (C=O) groups excluding carboxylic acids is 1. The number of ether oxygens (including phenoxy) is 1. The molecule has 10 heteroatoms. The Morgan fingerprint density at radius 1 is 1.17 bits per heavy atom. The molecule has 2 unspecified atom stereocenters. The molecule has 1 amide bonds. The summed E-state index contributed by atoms with van der Waals surface area (Å²) in [6, 6.07) is 15.0. The van der Waals surface area contributed by atoms with Crippen molar-refractivity contribution >= 4 is 52.3 Å². The number of anilines is 1. The Bertz CT molecular complexity index is 1360. The summed E-state index contributed by atoms with van der Waals surface area (Å²) in [6.07, 6.45) is 4.45. The van der Waals surface area contributed by atoms with Crippen molar-refractivity contribution in [3.63, 3.8) is 0 Å². The molecule has 0 spiro atoms. The molecule has 2 aromatic carbocycles. The van der Waals surface area contributed by atoms with Crippen LogP contribution in [0, 0.1) is 0 Å². The summed E-state index contributed by atoms with van der Waals surface area (Å²) >= 11 is 0. The normalized spacial score (nSPS) is 17.4. The Hall–Kier alpha value is -2.98. The molecular weight excluding hydrogens is 467 g/mol. The van der Waals surface area contributed by atoms with Crippen molar-refractivity contribution in [3.8, 4) is 17.0 Å². The first kappa shape index (κ1) is 26.1. The van der Waals surface area contributed by atoms with E-state index in [-0.39, 0.29) is 47.6 Å². The van der Waals surface area contributed by atoms with Crippen LogP contribution in [0.1, 0.15) is 47.6 Å². The minimum atomic E-state index is -0.332. The molecule has 0 bridgehead atoms. The second-order valence-corrected chi connectivity index (χ2v) is 8.80. The van der Waals surface area contributed by atoms with Crippen LogP contribution in [-0.4, -0.2) is 73.5 Å². The number of methoxy groups -OCH3 is 1. The monoisotopic (exact) mass is 495 g/mol. The SMILES string of the molecule is COc1ccccc1C(=O)NCc1ccc(-c2nn(C3CCCC(O)C3)c3ncnc(N)c23)cc1.[Na]. The number of nitrogen functional groups attached to an aromatic ring is 1. The van der Waals surface area contributed by atoms with Gasteiger partial charge in [-0.3, -0.25) is 4.79 Å². The van der Waals surface area contributed by atoms with Gasteiger partial charge in [0.15, 0.2) is 5.65 Å². The number of hydrogen-bond donors (Lipinski definition) is 3. The number of nitrogens with two attached hydrogens (primary N) is 1. The van der Waals surface area contributed by atoms with E-state index in [9.17, 15) is 9.90 Å². The first-order valence-electron chi connectivity index (χ1n) is 11.7. The van der Waals surface area contributed by atoms with Crippen LogP contribution in [0.15, 0.2) is 54.9 Å². The number of para-hydroxylation sites is 1. The number of benzene rings is 2. The standard InChI is InChI=1S/C26H28N6O3.Na/c1-35-21-8-3-2-7-20(21)26(34)28-14-16-9-11-17(12-10-16)23-22-24(27)29-15-30-25(22)32(31-23)18-5-4-6-19(33)13-18;/h2-3,7-12,15,18-19,33H,4-6,13-14H2,1H3,(H,28,34)(H2,27,29,30);. The molecule has 5 rings (SSSR count). The third-order valence-electron chi connectivity index (χ3n) is 6.51. The number of aliphatic hydroxyl groups excluding tert-OH is 1. The van der Waals surface area contributed by atoms with Gasteiger partial charge in [-0.2, -0.15) is 5.10 Å². The number of rotatable bonds is 6. The molecular formula is C26H28N6NaO3. The third-order valence-corrected chi connectivity index (χ3v) is 6.51. The number of fused-ring (bicyclic) bond motifs is 1. The summed E-state index contributed by atoms with van der Waals surface area (Å²) < 4.78 is 7.17. The predicted octanol–water partition coefficient (Wildman–Crippen LogP) is 3.11. The van der Waals surface area contributed by atoms with Crippen molar-refractivity contribution in [2.24, 2.45) is 0 Å². The molecule has 1 fully saturated rings. The van der Waals surface area contributed by atoms with Gasteiger partial charge in [-0.25, -0.2) is 14.6 Å². The molecule has 1 aliphatic carbocycles. The van der Waals surface area contributed by atoms with Gasteiger partial charge >= 0.3 is 0 Å². The van der Waals surface area contributed by atoms with Gasteiger partial charge in [0.1, 0.15) is 23.6 Å². The molecule has 0 aliphatic heterocycles. The molecule has 9 nitrogen and oxygen atoms in total. The molecule has 1 saturated carbocycles. The van der Waals surface area contributed by atoms with E-state index in [2.05, 4.69) is 15.3 Å². The Morgan fingerprint density at radius 2 is 1.94 bits per heavy atom. The molecule has 2 heterocycles. The predicted molar refractivity (Wildman–Crippen MR) is 139 cm³/mol. The zero-order valence-corrected chi connectivity index (χ0v) is 22.5. The second-order valence-electron chi connectivity index (χ2n) is 8.80. The number of nitrogens with one attached hydrogen (secondary N) is 1. The largest absolute Gasteiger partial charge is 0.496 e. The first-order valence-corrected chi connectivity index (χ1v) is 11.7. The van der Waals surface area contributed by atoms with Gasteiger partial charge in [-0.05, 0) is 43.4 Å². The Kier molecular flexibility index (Phi) is 8.25. The van der Waals surface area contributed by atoms with Gasteiger partial charge in [0, 0.05) is 41.7 Å². The van der Waals surface area contributed by atoms with Crippen molar-refractivity contribution in [2.45, 2.75) is 44.4 Å². The van der Waals surface area contributed by atoms with Crippen molar-refractivity contribution in [1.29, 1.82) is 0 Å². The van der Waals surface area contributed by atoms with Crippen LogP contribution in [0.3, 0.4) is 0 Å². The van der Waals surface area contributed by atoms with E-state index < -0.39 is 0 Å². The second kappa shape index (κ2) is 11.4. The number of aliphatic hydroxyl groups is 1. The summed E-state index contributed by atoms with van der Waals surface area (Å²) in [7, 11) is 1.55. The van der Waals surface area contributed by atoms with Crippen LogP contribution in [0.4, 0.5) is 5.82 Å². The van der Waals surface area contributed by atoms with Crippen LogP contribution >= 0.6 is 0 Å². The molecule has 2 atom stereocenters. The summed E-state index contributed by atoms with van der Waals surface area (Å²) in [5.74, 6) is 0.713. The van der Waals surface area contributed by atoms with Gasteiger partial charge in [-0.1, -0.05) is 36.4 Å². The fraction of sp³-hybridized carbons (Fsp3) is 0.308. The molecule has 36 heavy (non-hydrogen) atoms. The number of nitrogens with zero attached hydrogens (tertiary/aromatic N) is 4. The van der Waals surface area contributed by atoms with Crippen LogP contribution in [0.5, 0.6) is 5.75 Å². The summed E-state index contributed by atoms with van der Waals surface area (Å²) in [5, 5.41) is 18.7. The Morgan fingerprint density at radius 3 is 2.69 bits per heavy atom. The zero-order valence-electron chi connectivity index (χ0n) is 20.5. The van der Waals surface area contributed by atoms with E-state index >= 15 is 0 Å². The molecule has 1 radical (unpaired) electrons. The topological polar surface area (TPSA) is 128 Å². The van der Waals surface area contributed by atoms with E-state index in [1.807, 2.05) is 35.0 Å². The molecule has 4 N–H and O–H groups in total. The zero-order chi connectivity index (χ0) is 24.4. The fourth-order valence-corrected chi connectivity index (χ4v) is 4.70. The molecule has 1 aliphatic rings. The van der Waals surface area contributed by atoms with Crippen LogP contribution < -0.4 is 15.8 Å². The van der Waals surface area contributed by atoms with Crippen LogP contribution in [0.2, 0.25) is 0 Å². The maximum Gasteiger partial charge on any atom is 0.255 e. The van der Waals surface area contributed by atoms with E-state index in [1.165, 1.54) is 6.33 Å². The van der Waals surface area contributed by atoms with Crippen molar-refractivity contribution in [1.82, 2.24) is 25.1 Å². The van der Waals surface area contributed by atoms with Crippen molar-refractivity contribution in [2.75, 3.05) is 12.8 Å². The maximum atomic E-state index is 12.6. The van der Waals surface area contributed by atoms with Gasteiger partial charge in [0.2, 0.25) is 0 Å². The minimum Gasteiger partial charge on any atom is -0.496 e. The van der Waals surface area contributed by atoms with Gasteiger partial charge in [0.25, 0.3) is 5.91 Å². The average molecular weight is 496 g/mol. The fourth-order valence-electron chi connectivity index (χ4n) is 4.70. The average Bonchev–Trinajstić information content (AvgIpc) is 3.28. The molecule has 0 saturated heterocycles. The van der Waals surface area contributed by atoms with E-state index in [1.54, 1.807) is 25.3 Å². The maximum absolute atomic E-state index is 12.6. The number of hydrogen-bond acceptors (Lipinski definition) is 7. The Balaban J connectivity index is 0.00000304. The number of carbonyl (C=O) groups is 1. The summed E-state index contributed by atoms with van der Waals surface area (Å²) in [4.78, 5) is 21.2. The van der Waals surface area contributed by atoms with Gasteiger partial charge in [0.05, 0.1) is 30.2 Å². The Labute approximate surface area is 231 Å². The number of amides is 1. The van der Waals surface area contributed by atoms with Crippen molar-refractivity contribution in [3.05, 3.63) is 66.0 Å². The van der Waals surface area contributed by atoms with E-state index in [0.717, 1.165) is 30.4 Å². The van der Waals surface area contributed by atoms with Gasteiger partial charge in [-0.15, -0.1) is 0 Å². The van der Waals surface area contributed by atoms with Crippen LogP contribution in [-0.2, 0) is 6.54 Å². The minimum absolute atomic E-state index is 0. The third kappa shape index (κ3) is 5.24. The molecule has 4 aromatic rings. The first-order chi connectivity index (χ1) is 17.0. The summed E-state index contributed by atoms with van der Waals surface area (Å²) in [5.41, 5.74) is 9.95. The van der Waals surface area contributed by atoms with Gasteiger partial charge < -0.3 is 20.9 Å². The summed E-state index contributed by atoms with van der Waals surface area (Å²) in [6.45, 7) is 0.373. The molecule has 2 aromatic heterocycles. The van der Waals surface area contributed by atoms with Crippen LogP contribution in [0.25, 0.3) is 22.3 Å². The van der Waals surface area contributed by atoms with E-state index in [4.69, 9.17) is 15.6 Å².